The first-order valence-corrected chi connectivity index (χ1v) is 9.44. The van der Waals surface area contributed by atoms with Crippen LogP contribution in [-0.2, 0) is 0 Å². The van der Waals surface area contributed by atoms with E-state index in [-0.39, 0.29) is 35.6 Å². The van der Waals surface area contributed by atoms with Crippen LogP contribution >= 0.6 is 0 Å². The molecule has 31 heavy (non-hydrogen) atoms. The van der Waals surface area contributed by atoms with E-state index in [0.717, 1.165) is 10.1 Å². The summed E-state index contributed by atoms with van der Waals surface area (Å²) in [6, 6.07) is 10.6. The third-order valence-corrected chi connectivity index (χ3v) is 4.98. The Morgan fingerprint density at radius 3 is 2.71 bits per heavy atom. The van der Waals surface area contributed by atoms with Crippen molar-refractivity contribution in [2.24, 2.45) is 0 Å². The molecule has 1 aliphatic heterocycles. The molecule has 10 heteroatoms. The molecule has 2 N–H and O–H groups in total. The summed E-state index contributed by atoms with van der Waals surface area (Å²) >= 11 is 0. The van der Waals surface area contributed by atoms with Gasteiger partial charge in [-0.3, -0.25) is 9.78 Å². The molecule has 1 aliphatic rings. The molecule has 0 radical (unpaired) electrons. The highest BCUT2D eigenvalue weighted by atomic mass is 19.1. The number of hydrogen-bond acceptors (Lipinski definition) is 7. The number of anilines is 1. The zero-order valence-corrected chi connectivity index (χ0v) is 16.3. The molecular formula is C21H16FN5O4. The fourth-order valence-corrected chi connectivity index (χ4v) is 3.36. The minimum atomic E-state index is -0.646. The molecule has 0 saturated heterocycles. The SMILES string of the molecule is CC(Nc1ncc2c(=O)n(-c3ccc4c(c3)OCO4)c(=O)[nH]c2n1)c1ccc(F)cc1. The summed E-state index contributed by atoms with van der Waals surface area (Å²) in [7, 11) is 0. The van der Waals surface area contributed by atoms with Crippen LogP contribution in [-0.4, -0.2) is 26.3 Å². The quantitative estimate of drug-likeness (QED) is 0.521. The average Bonchev–Trinajstić information content (AvgIpc) is 3.22. The van der Waals surface area contributed by atoms with Crippen molar-refractivity contribution in [3.8, 4) is 17.2 Å². The molecule has 2 aromatic heterocycles. The molecule has 1 atom stereocenters. The van der Waals surface area contributed by atoms with Gasteiger partial charge in [0.25, 0.3) is 5.56 Å². The van der Waals surface area contributed by atoms with E-state index in [2.05, 4.69) is 20.3 Å². The van der Waals surface area contributed by atoms with Crippen molar-refractivity contribution in [3.63, 3.8) is 0 Å². The molecule has 9 nitrogen and oxygen atoms in total. The standard InChI is InChI=1S/C21H16FN5O4/c1-11(12-2-4-13(22)5-3-12)24-20-23-9-15-18(25-20)26-21(29)27(19(15)28)14-6-7-16-17(8-14)31-10-30-16/h2-9,11H,10H2,1H3,(H2,23,24,25,26,29). The van der Waals surface area contributed by atoms with Gasteiger partial charge < -0.3 is 14.8 Å². The fourth-order valence-electron chi connectivity index (χ4n) is 3.36. The Labute approximate surface area is 174 Å². The second-order valence-electron chi connectivity index (χ2n) is 6.98. The highest BCUT2D eigenvalue weighted by Crippen LogP contribution is 2.33. The van der Waals surface area contributed by atoms with Crippen LogP contribution in [0.4, 0.5) is 10.3 Å². The lowest BCUT2D eigenvalue weighted by atomic mass is 10.1. The molecule has 0 saturated carbocycles. The monoisotopic (exact) mass is 421 g/mol. The maximum atomic E-state index is 13.1. The van der Waals surface area contributed by atoms with E-state index >= 15 is 0 Å². The molecule has 156 valence electrons. The van der Waals surface area contributed by atoms with Gasteiger partial charge >= 0.3 is 5.69 Å². The lowest BCUT2D eigenvalue weighted by Crippen LogP contribution is -2.34. The maximum absolute atomic E-state index is 13.1. The fraction of sp³-hybridized carbons (Fsp3) is 0.143. The molecule has 0 bridgehead atoms. The summed E-state index contributed by atoms with van der Waals surface area (Å²) in [5.74, 6) is 0.896. The zero-order valence-electron chi connectivity index (χ0n) is 16.3. The molecule has 4 aromatic rings. The topological polar surface area (TPSA) is 111 Å². The Balaban J connectivity index is 1.51. The van der Waals surface area contributed by atoms with E-state index in [4.69, 9.17) is 9.47 Å². The summed E-state index contributed by atoms with van der Waals surface area (Å²) in [5, 5.41) is 3.23. The van der Waals surface area contributed by atoms with Gasteiger partial charge in [-0.25, -0.2) is 18.7 Å². The molecule has 2 aromatic carbocycles. The first-order chi connectivity index (χ1) is 15.0. The predicted octanol–water partition coefficient (Wildman–Crippen LogP) is 2.51. The van der Waals surface area contributed by atoms with Crippen molar-refractivity contribution in [2.75, 3.05) is 12.1 Å². The number of halogens is 1. The third-order valence-electron chi connectivity index (χ3n) is 4.98. The van der Waals surface area contributed by atoms with E-state index in [0.29, 0.717) is 17.2 Å². The van der Waals surface area contributed by atoms with Crippen LogP contribution in [0.25, 0.3) is 16.7 Å². The van der Waals surface area contributed by atoms with Crippen molar-refractivity contribution in [1.29, 1.82) is 0 Å². The van der Waals surface area contributed by atoms with Gasteiger partial charge in [-0.05, 0) is 36.8 Å². The summed E-state index contributed by atoms with van der Waals surface area (Å²) < 4.78 is 24.7. The Bertz CT molecular complexity index is 1410. The van der Waals surface area contributed by atoms with Gasteiger partial charge in [0.1, 0.15) is 11.2 Å². The Kier molecular flexibility index (Phi) is 4.39. The van der Waals surface area contributed by atoms with Gasteiger partial charge in [0.15, 0.2) is 17.1 Å². The van der Waals surface area contributed by atoms with E-state index in [1.54, 1.807) is 30.3 Å². The van der Waals surface area contributed by atoms with E-state index in [1.807, 2.05) is 6.92 Å². The highest BCUT2D eigenvalue weighted by Gasteiger charge is 2.17. The minimum absolute atomic E-state index is 0.0850. The van der Waals surface area contributed by atoms with Crippen molar-refractivity contribution >= 4 is 17.0 Å². The summed E-state index contributed by atoms with van der Waals surface area (Å²) in [6.45, 7) is 1.95. The number of aromatic nitrogens is 4. The summed E-state index contributed by atoms with van der Waals surface area (Å²) in [5.41, 5.74) is 0.0699. The molecule has 0 fully saturated rings. The number of nitrogens with one attached hydrogen (secondary N) is 2. The van der Waals surface area contributed by atoms with Crippen molar-refractivity contribution in [1.82, 2.24) is 19.5 Å². The van der Waals surface area contributed by atoms with Gasteiger partial charge in [0, 0.05) is 12.3 Å². The van der Waals surface area contributed by atoms with Crippen molar-refractivity contribution in [2.45, 2.75) is 13.0 Å². The van der Waals surface area contributed by atoms with Crippen molar-refractivity contribution in [3.05, 3.63) is 80.9 Å². The Morgan fingerprint density at radius 1 is 1.13 bits per heavy atom. The molecular weight excluding hydrogens is 405 g/mol. The van der Waals surface area contributed by atoms with Crippen LogP contribution < -0.4 is 26.0 Å². The van der Waals surface area contributed by atoms with Gasteiger partial charge in [-0.1, -0.05) is 12.1 Å². The lowest BCUT2D eigenvalue weighted by molar-refractivity contribution is 0.174. The molecule has 3 heterocycles. The first-order valence-electron chi connectivity index (χ1n) is 9.44. The number of hydrogen-bond donors (Lipinski definition) is 2. The Hall–Kier alpha value is -4.21. The normalized spacial score (nSPS) is 13.4. The van der Waals surface area contributed by atoms with E-state index < -0.39 is 11.2 Å². The number of fused-ring (bicyclic) bond motifs is 2. The van der Waals surface area contributed by atoms with Crippen LogP contribution in [0.2, 0.25) is 0 Å². The largest absolute Gasteiger partial charge is 0.454 e. The Morgan fingerprint density at radius 2 is 1.90 bits per heavy atom. The number of ether oxygens (including phenoxy) is 2. The van der Waals surface area contributed by atoms with Crippen LogP contribution in [0.15, 0.2) is 58.3 Å². The number of benzene rings is 2. The van der Waals surface area contributed by atoms with Crippen LogP contribution in [0.3, 0.4) is 0 Å². The van der Waals surface area contributed by atoms with Crippen molar-refractivity contribution < 1.29 is 13.9 Å². The summed E-state index contributed by atoms with van der Waals surface area (Å²) in [6.07, 6.45) is 1.35. The molecule has 1 unspecified atom stereocenters. The maximum Gasteiger partial charge on any atom is 0.334 e. The van der Waals surface area contributed by atoms with Crippen LogP contribution in [0, 0.1) is 5.82 Å². The predicted molar refractivity (Wildman–Crippen MR) is 110 cm³/mol. The van der Waals surface area contributed by atoms with Crippen LogP contribution in [0.5, 0.6) is 11.5 Å². The highest BCUT2D eigenvalue weighted by molar-refractivity contribution is 5.73. The third kappa shape index (κ3) is 3.37. The van der Waals surface area contributed by atoms with Gasteiger partial charge in [-0.2, -0.15) is 4.98 Å². The molecule has 0 amide bonds. The molecule has 5 rings (SSSR count). The van der Waals surface area contributed by atoms with Crippen LogP contribution in [0.1, 0.15) is 18.5 Å². The van der Waals surface area contributed by atoms with E-state index in [9.17, 15) is 14.0 Å². The van der Waals surface area contributed by atoms with Gasteiger partial charge in [-0.15, -0.1) is 0 Å². The second-order valence-corrected chi connectivity index (χ2v) is 6.98. The number of rotatable bonds is 4. The second kappa shape index (κ2) is 7.24. The smallest absolute Gasteiger partial charge is 0.334 e. The lowest BCUT2D eigenvalue weighted by Gasteiger charge is -2.14. The minimum Gasteiger partial charge on any atom is -0.454 e. The number of aromatic amines is 1. The van der Waals surface area contributed by atoms with Gasteiger partial charge in [0.2, 0.25) is 12.7 Å². The number of nitrogens with zero attached hydrogens (tertiary/aromatic N) is 3. The number of H-pyrrole nitrogens is 1. The molecule has 0 spiro atoms. The van der Waals surface area contributed by atoms with E-state index in [1.165, 1.54) is 18.3 Å². The zero-order chi connectivity index (χ0) is 21.5. The summed E-state index contributed by atoms with van der Waals surface area (Å²) in [4.78, 5) is 36.7. The first kappa shape index (κ1) is 18.8. The molecule has 0 aliphatic carbocycles. The van der Waals surface area contributed by atoms with Gasteiger partial charge in [0.05, 0.1) is 11.7 Å². The average molecular weight is 421 g/mol.